The lowest BCUT2D eigenvalue weighted by Crippen LogP contribution is -1.82. The molecule has 0 aliphatic rings. The first kappa shape index (κ1) is 13.5. The average molecular weight is 297 g/mol. The lowest BCUT2D eigenvalue weighted by Gasteiger charge is -2.08. The zero-order chi connectivity index (χ0) is 14.8. The summed E-state index contributed by atoms with van der Waals surface area (Å²) in [5.74, 6) is 0.473. The van der Waals surface area contributed by atoms with Crippen molar-refractivity contribution in [3.8, 4) is 33.8 Å². The van der Waals surface area contributed by atoms with Crippen LogP contribution < -0.4 is 0 Å². The minimum Gasteiger partial charge on any atom is -0.508 e. The fourth-order valence-electron chi connectivity index (χ4n) is 2.22. The maximum atomic E-state index is 9.33. The molecule has 0 aromatic heterocycles. The summed E-state index contributed by atoms with van der Waals surface area (Å²) in [6.07, 6.45) is 0. The van der Waals surface area contributed by atoms with Gasteiger partial charge in [-0.2, -0.15) is 0 Å². The zero-order valence-corrected chi connectivity index (χ0v) is 11.9. The number of aromatic hydroxyl groups is 2. The molecular formula is C18H13ClO2. The molecule has 3 aromatic rings. The Kier molecular flexibility index (Phi) is 3.55. The van der Waals surface area contributed by atoms with Crippen LogP contribution in [0.25, 0.3) is 22.3 Å². The third-order valence-electron chi connectivity index (χ3n) is 3.35. The van der Waals surface area contributed by atoms with Crippen molar-refractivity contribution in [2.45, 2.75) is 0 Å². The fourth-order valence-corrected chi connectivity index (χ4v) is 2.51. The molecule has 0 bridgehead atoms. The first-order valence-electron chi connectivity index (χ1n) is 6.52. The number of hydrogen-bond donors (Lipinski definition) is 2. The lowest BCUT2D eigenvalue weighted by atomic mass is 10.00. The van der Waals surface area contributed by atoms with Gasteiger partial charge in [0.1, 0.15) is 11.5 Å². The molecule has 0 saturated heterocycles. The van der Waals surface area contributed by atoms with Gasteiger partial charge in [0.15, 0.2) is 0 Å². The van der Waals surface area contributed by atoms with Gasteiger partial charge in [-0.3, -0.25) is 0 Å². The van der Waals surface area contributed by atoms with Gasteiger partial charge >= 0.3 is 0 Å². The highest BCUT2D eigenvalue weighted by Gasteiger charge is 2.06. The molecule has 0 aliphatic heterocycles. The van der Waals surface area contributed by atoms with E-state index in [1.54, 1.807) is 24.3 Å². The van der Waals surface area contributed by atoms with E-state index in [0.717, 1.165) is 22.3 Å². The molecule has 0 amide bonds. The molecule has 3 rings (SSSR count). The van der Waals surface area contributed by atoms with E-state index in [0.29, 0.717) is 5.02 Å². The Balaban J connectivity index is 1.99. The largest absolute Gasteiger partial charge is 0.508 e. The summed E-state index contributed by atoms with van der Waals surface area (Å²) in [6.45, 7) is 0. The molecule has 3 aromatic carbocycles. The molecule has 0 unspecified atom stereocenters. The Hall–Kier alpha value is -2.45. The van der Waals surface area contributed by atoms with Crippen molar-refractivity contribution in [1.29, 1.82) is 0 Å². The number of benzene rings is 3. The van der Waals surface area contributed by atoms with Gasteiger partial charge in [-0.1, -0.05) is 48.0 Å². The van der Waals surface area contributed by atoms with Crippen molar-refractivity contribution in [3.05, 3.63) is 71.8 Å². The van der Waals surface area contributed by atoms with Gasteiger partial charge in [-0.05, 0) is 47.0 Å². The topological polar surface area (TPSA) is 40.5 Å². The number of hydrogen-bond acceptors (Lipinski definition) is 2. The second kappa shape index (κ2) is 5.51. The Labute approximate surface area is 127 Å². The highest BCUT2D eigenvalue weighted by Crippen LogP contribution is 2.33. The fraction of sp³-hybridized carbons (Fsp3) is 0. The van der Waals surface area contributed by atoms with E-state index in [-0.39, 0.29) is 11.5 Å². The van der Waals surface area contributed by atoms with Crippen LogP contribution in [0.2, 0.25) is 5.02 Å². The standard InChI is InChI=1S/C18H13ClO2/c19-18-11-14(12-1-6-15(20)7-2-12)5-10-17(18)13-3-8-16(21)9-4-13/h1-11,20-21H. The van der Waals surface area contributed by atoms with E-state index in [2.05, 4.69) is 0 Å². The third-order valence-corrected chi connectivity index (χ3v) is 3.66. The smallest absolute Gasteiger partial charge is 0.115 e. The zero-order valence-electron chi connectivity index (χ0n) is 11.1. The number of rotatable bonds is 2. The summed E-state index contributed by atoms with van der Waals surface area (Å²) < 4.78 is 0. The molecule has 21 heavy (non-hydrogen) atoms. The van der Waals surface area contributed by atoms with Crippen molar-refractivity contribution >= 4 is 11.6 Å². The summed E-state index contributed by atoms with van der Waals surface area (Å²) in [4.78, 5) is 0. The Morgan fingerprint density at radius 3 is 1.57 bits per heavy atom. The van der Waals surface area contributed by atoms with Crippen LogP contribution in [0.3, 0.4) is 0 Å². The van der Waals surface area contributed by atoms with E-state index >= 15 is 0 Å². The predicted molar refractivity (Wildman–Crippen MR) is 85.7 cm³/mol. The molecular weight excluding hydrogens is 284 g/mol. The second-order valence-corrected chi connectivity index (χ2v) is 5.20. The Morgan fingerprint density at radius 1 is 0.571 bits per heavy atom. The van der Waals surface area contributed by atoms with Crippen LogP contribution >= 0.6 is 11.6 Å². The van der Waals surface area contributed by atoms with Crippen LogP contribution in [0, 0.1) is 0 Å². The van der Waals surface area contributed by atoms with Crippen LogP contribution in [0.1, 0.15) is 0 Å². The summed E-state index contributed by atoms with van der Waals surface area (Å²) in [5, 5.41) is 19.3. The van der Waals surface area contributed by atoms with Crippen LogP contribution in [0.4, 0.5) is 0 Å². The van der Waals surface area contributed by atoms with E-state index < -0.39 is 0 Å². The van der Waals surface area contributed by atoms with Gasteiger partial charge < -0.3 is 10.2 Å². The van der Waals surface area contributed by atoms with Crippen molar-refractivity contribution in [1.82, 2.24) is 0 Å². The molecule has 2 nitrogen and oxygen atoms in total. The van der Waals surface area contributed by atoms with Crippen LogP contribution in [0.5, 0.6) is 11.5 Å². The maximum Gasteiger partial charge on any atom is 0.115 e. The first-order valence-corrected chi connectivity index (χ1v) is 6.89. The SMILES string of the molecule is Oc1ccc(-c2ccc(-c3ccc(O)cc3)c(Cl)c2)cc1. The molecule has 0 atom stereocenters. The van der Waals surface area contributed by atoms with Crippen LogP contribution in [0.15, 0.2) is 66.7 Å². The van der Waals surface area contributed by atoms with E-state index in [1.165, 1.54) is 0 Å². The molecule has 0 spiro atoms. The van der Waals surface area contributed by atoms with Gasteiger partial charge in [0, 0.05) is 10.6 Å². The highest BCUT2D eigenvalue weighted by atomic mass is 35.5. The van der Waals surface area contributed by atoms with E-state index in [9.17, 15) is 10.2 Å². The maximum absolute atomic E-state index is 9.33. The van der Waals surface area contributed by atoms with Gasteiger partial charge in [-0.25, -0.2) is 0 Å². The Morgan fingerprint density at radius 2 is 1.05 bits per heavy atom. The molecule has 2 N–H and O–H groups in total. The van der Waals surface area contributed by atoms with Crippen molar-refractivity contribution < 1.29 is 10.2 Å². The number of phenolic OH excluding ortho intramolecular Hbond substituents is 2. The average Bonchev–Trinajstić information content (AvgIpc) is 2.49. The van der Waals surface area contributed by atoms with Gasteiger partial charge in [0.2, 0.25) is 0 Å². The van der Waals surface area contributed by atoms with Crippen molar-refractivity contribution in [2.24, 2.45) is 0 Å². The summed E-state index contributed by atoms with van der Waals surface area (Å²) in [5.41, 5.74) is 3.85. The minimum absolute atomic E-state index is 0.232. The minimum atomic E-state index is 0.232. The summed E-state index contributed by atoms with van der Waals surface area (Å²) in [6, 6.07) is 19.8. The molecule has 0 radical (unpaired) electrons. The number of halogens is 1. The summed E-state index contributed by atoms with van der Waals surface area (Å²) in [7, 11) is 0. The van der Waals surface area contributed by atoms with E-state index in [4.69, 9.17) is 11.6 Å². The van der Waals surface area contributed by atoms with Crippen molar-refractivity contribution in [2.75, 3.05) is 0 Å². The molecule has 0 saturated carbocycles. The quantitative estimate of drug-likeness (QED) is 0.692. The summed E-state index contributed by atoms with van der Waals surface area (Å²) >= 11 is 6.37. The van der Waals surface area contributed by atoms with Crippen molar-refractivity contribution in [3.63, 3.8) is 0 Å². The van der Waals surface area contributed by atoms with Gasteiger partial charge in [0.25, 0.3) is 0 Å². The van der Waals surface area contributed by atoms with Crippen LogP contribution in [-0.4, -0.2) is 10.2 Å². The van der Waals surface area contributed by atoms with E-state index in [1.807, 2.05) is 42.5 Å². The van der Waals surface area contributed by atoms with Crippen LogP contribution in [-0.2, 0) is 0 Å². The Bertz CT molecular complexity index is 762. The first-order chi connectivity index (χ1) is 10.1. The monoisotopic (exact) mass is 296 g/mol. The molecule has 0 aliphatic carbocycles. The molecule has 0 heterocycles. The predicted octanol–water partition coefficient (Wildman–Crippen LogP) is 5.09. The molecule has 104 valence electrons. The highest BCUT2D eigenvalue weighted by molar-refractivity contribution is 6.33. The van der Waals surface area contributed by atoms with Gasteiger partial charge in [-0.15, -0.1) is 0 Å². The second-order valence-electron chi connectivity index (χ2n) is 4.79. The lowest BCUT2D eigenvalue weighted by molar-refractivity contribution is 0.475. The third kappa shape index (κ3) is 2.86. The normalized spacial score (nSPS) is 10.5. The molecule has 3 heteroatoms. The number of phenols is 2. The van der Waals surface area contributed by atoms with Gasteiger partial charge in [0.05, 0.1) is 0 Å². The molecule has 0 fully saturated rings.